The summed E-state index contributed by atoms with van der Waals surface area (Å²) >= 11 is 0. The third-order valence-corrected chi connectivity index (χ3v) is 7.23. The average Bonchev–Trinajstić information content (AvgIpc) is 3.42. The van der Waals surface area contributed by atoms with Crippen LogP contribution in [0.5, 0.6) is 17.2 Å². The minimum absolute atomic E-state index is 0.105. The number of aromatic nitrogens is 3. The topological polar surface area (TPSA) is 119 Å². The molecule has 10 heteroatoms. The molecule has 36 heavy (non-hydrogen) atoms. The highest BCUT2D eigenvalue weighted by atomic mass is 16.7. The predicted molar refractivity (Wildman–Crippen MR) is 131 cm³/mol. The Bertz CT molecular complexity index is 1310. The highest BCUT2D eigenvalue weighted by Gasteiger charge is 2.29. The van der Waals surface area contributed by atoms with Crippen LogP contribution in [0, 0.1) is 11.8 Å². The molecule has 4 heterocycles. The number of amides is 2. The van der Waals surface area contributed by atoms with Gasteiger partial charge in [0, 0.05) is 32.8 Å². The first-order valence-electron chi connectivity index (χ1n) is 12.5. The van der Waals surface area contributed by atoms with E-state index >= 15 is 0 Å². The van der Waals surface area contributed by atoms with Gasteiger partial charge in [-0.25, -0.2) is 9.97 Å². The van der Waals surface area contributed by atoms with Crippen molar-refractivity contribution in [2.45, 2.75) is 32.6 Å². The Hall–Kier alpha value is -3.82. The van der Waals surface area contributed by atoms with E-state index in [1.54, 1.807) is 13.1 Å². The van der Waals surface area contributed by atoms with Gasteiger partial charge in [0.2, 0.25) is 12.7 Å². The van der Waals surface area contributed by atoms with Gasteiger partial charge >= 0.3 is 0 Å². The number of hydrogen-bond acceptors (Lipinski definition) is 7. The fourth-order valence-electron chi connectivity index (χ4n) is 4.88. The zero-order valence-corrected chi connectivity index (χ0v) is 20.2. The van der Waals surface area contributed by atoms with Crippen molar-refractivity contribution < 1.29 is 23.8 Å². The molecule has 1 aliphatic carbocycles. The molecule has 6 rings (SSSR count). The number of aromatic amines is 1. The van der Waals surface area contributed by atoms with E-state index in [1.807, 2.05) is 17.0 Å². The third kappa shape index (κ3) is 4.31. The fraction of sp³-hybridized carbons (Fsp3) is 0.462. The van der Waals surface area contributed by atoms with Crippen LogP contribution in [-0.2, 0) is 4.79 Å². The van der Waals surface area contributed by atoms with Crippen LogP contribution in [0.3, 0.4) is 0 Å². The molecular formula is C26H29N5O5. The first-order valence-corrected chi connectivity index (χ1v) is 12.5. The van der Waals surface area contributed by atoms with Gasteiger partial charge in [0.1, 0.15) is 23.3 Å². The number of piperidine rings is 1. The SMILES string of the molecule is CC(=O)N1CCC(CNC(=O)c2c[nH]c3c(-c4c(OCC5CC5)ccc5c4OCO5)ncnc23)CC1. The molecule has 1 saturated carbocycles. The summed E-state index contributed by atoms with van der Waals surface area (Å²) in [5.74, 6) is 2.73. The summed E-state index contributed by atoms with van der Waals surface area (Å²) in [6.07, 6.45) is 7.25. The summed E-state index contributed by atoms with van der Waals surface area (Å²) in [4.78, 5) is 38.7. The van der Waals surface area contributed by atoms with Crippen LogP contribution in [0.2, 0.25) is 0 Å². The molecule has 1 aromatic carbocycles. The van der Waals surface area contributed by atoms with Crippen molar-refractivity contribution in [3.05, 3.63) is 30.2 Å². The van der Waals surface area contributed by atoms with Crippen molar-refractivity contribution in [2.24, 2.45) is 11.8 Å². The van der Waals surface area contributed by atoms with Crippen molar-refractivity contribution in [2.75, 3.05) is 33.0 Å². The number of hydrogen-bond donors (Lipinski definition) is 2. The molecule has 2 aromatic heterocycles. The van der Waals surface area contributed by atoms with E-state index < -0.39 is 0 Å². The van der Waals surface area contributed by atoms with Crippen LogP contribution >= 0.6 is 0 Å². The molecule has 188 valence electrons. The van der Waals surface area contributed by atoms with Gasteiger partial charge in [-0.3, -0.25) is 9.59 Å². The highest BCUT2D eigenvalue weighted by molar-refractivity contribution is 6.08. The lowest BCUT2D eigenvalue weighted by molar-refractivity contribution is -0.130. The predicted octanol–water partition coefficient (Wildman–Crippen LogP) is 3.13. The van der Waals surface area contributed by atoms with E-state index in [9.17, 15) is 9.59 Å². The largest absolute Gasteiger partial charge is 0.492 e. The second-order valence-corrected chi connectivity index (χ2v) is 9.73. The summed E-state index contributed by atoms with van der Waals surface area (Å²) in [5.41, 5.74) is 2.93. The second-order valence-electron chi connectivity index (χ2n) is 9.73. The Morgan fingerprint density at radius 3 is 2.75 bits per heavy atom. The Morgan fingerprint density at radius 1 is 1.14 bits per heavy atom. The van der Waals surface area contributed by atoms with Gasteiger partial charge in [-0.2, -0.15) is 0 Å². The molecule has 2 fully saturated rings. The molecule has 2 aliphatic heterocycles. The minimum Gasteiger partial charge on any atom is -0.492 e. The summed E-state index contributed by atoms with van der Waals surface area (Å²) in [5, 5.41) is 3.05. The zero-order chi connectivity index (χ0) is 24.6. The van der Waals surface area contributed by atoms with Crippen LogP contribution in [0.4, 0.5) is 0 Å². The molecular weight excluding hydrogens is 462 g/mol. The number of carbonyl (C=O) groups is 2. The fourth-order valence-corrected chi connectivity index (χ4v) is 4.88. The number of fused-ring (bicyclic) bond motifs is 2. The smallest absolute Gasteiger partial charge is 0.255 e. The van der Waals surface area contributed by atoms with E-state index in [0.29, 0.717) is 70.1 Å². The minimum atomic E-state index is -0.192. The molecule has 0 bridgehead atoms. The highest BCUT2D eigenvalue weighted by Crippen LogP contribution is 2.48. The van der Waals surface area contributed by atoms with Crippen molar-refractivity contribution >= 4 is 22.8 Å². The molecule has 0 atom stereocenters. The normalized spacial score (nSPS) is 17.4. The van der Waals surface area contributed by atoms with Crippen molar-refractivity contribution in [1.82, 2.24) is 25.2 Å². The second kappa shape index (κ2) is 9.33. The molecule has 0 spiro atoms. The summed E-state index contributed by atoms with van der Waals surface area (Å²) in [7, 11) is 0. The Kier molecular flexibility index (Phi) is 5.86. The van der Waals surface area contributed by atoms with Crippen LogP contribution in [0.15, 0.2) is 24.7 Å². The lowest BCUT2D eigenvalue weighted by Gasteiger charge is -2.31. The third-order valence-electron chi connectivity index (χ3n) is 7.23. The maximum atomic E-state index is 13.1. The molecule has 3 aromatic rings. The van der Waals surface area contributed by atoms with Crippen LogP contribution < -0.4 is 19.5 Å². The number of H-pyrrole nitrogens is 1. The van der Waals surface area contributed by atoms with Crippen molar-refractivity contribution in [3.63, 3.8) is 0 Å². The monoisotopic (exact) mass is 491 g/mol. The molecule has 2 N–H and O–H groups in total. The van der Waals surface area contributed by atoms with Gasteiger partial charge in [0.05, 0.1) is 23.3 Å². The average molecular weight is 492 g/mol. The van der Waals surface area contributed by atoms with E-state index in [2.05, 4.69) is 20.3 Å². The van der Waals surface area contributed by atoms with Crippen molar-refractivity contribution in [3.8, 4) is 28.5 Å². The first-order chi connectivity index (χ1) is 17.6. The first kappa shape index (κ1) is 22.6. The van der Waals surface area contributed by atoms with Gasteiger partial charge in [0.15, 0.2) is 11.5 Å². The standard InChI is InChI=1S/C26H29N5O5/c1-15(32)31-8-6-16(7-9-31)10-28-26(33)18-11-27-24-22(18)29-13-30-23(24)21-19(34-12-17-2-3-17)4-5-20-25(21)36-14-35-20/h4-5,11,13,16-17,27H,2-3,6-10,12,14H2,1H3,(H,28,33). The molecule has 0 radical (unpaired) electrons. The van der Waals surface area contributed by atoms with Crippen LogP contribution in [-0.4, -0.2) is 64.7 Å². The molecule has 0 unspecified atom stereocenters. The number of carbonyl (C=O) groups excluding carboxylic acids is 2. The Labute approximate surface area is 208 Å². The summed E-state index contributed by atoms with van der Waals surface area (Å²) in [6, 6.07) is 3.73. The molecule has 2 amide bonds. The summed E-state index contributed by atoms with van der Waals surface area (Å²) < 4.78 is 17.6. The zero-order valence-electron chi connectivity index (χ0n) is 20.2. The van der Waals surface area contributed by atoms with Crippen LogP contribution in [0.25, 0.3) is 22.3 Å². The number of benzene rings is 1. The van der Waals surface area contributed by atoms with Gasteiger partial charge < -0.3 is 29.4 Å². The Morgan fingerprint density at radius 2 is 1.97 bits per heavy atom. The van der Waals surface area contributed by atoms with Gasteiger partial charge in [-0.15, -0.1) is 0 Å². The maximum absolute atomic E-state index is 13.1. The number of rotatable bonds is 7. The summed E-state index contributed by atoms with van der Waals surface area (Å²) in [6.45, 7) is 4.40. The molecule has 10 nitrogen and oxygen atoms in total. The van der Waals surface area contributed by atoms with Gasteiger partial charge in [-0.05, 0) is 49.7 Å². The quantitative estimate of drug-likeness (QED) is 0.521. The van der Waals surface area contributed by atoms with E-state index in [1.165, 1.54) is 19.2 Å². The number of ether oxygens (including phenoxy) is 3. The van der Waals surface area contributed by atoms with Gasteiger partial charge in [-0.1, -0.05) is 0 Å². The van der Waals surface area contributed by atoms with Gasteiger partial charge in [0.25, 0.3) is 5.91 Å². The number of nitrogens with zero attached hydrogens (tertiary/aromatic N) is 3. The number of likely N-dealkylation sites (tertiary alicyclic amines) is 1. The van der Waals surface area contributed by atoms with E-state index in [0.717, 1.165) is 25.9 Å². The van der Waals surface area contributed by atoms with E-state index in [-0.39, 0.29) is 18.6 Å². The maximum Gasteiger partial charge on any atom is 0.255 e. The lowest BCUT2D eigenvalue weighted by atomic mass is 9.96. The lowest BCUT2D eigenvalue weighted by Crippen LogP contribution is -2.40. The number of nitrogens with one attached hydrogen (secondary N) is 2. The van der Waals surface area contributed by atoms with Crippen LogP contribution in [0.1, 0.15) is 43.0 Å². The van der Waals surface area contributed by atoms with Crippen molar-refractivity contribution in [1.29, 1.82) is 0 Å². The Balaban J connectivity index is 1.25. The molecule has 1 saturated heterocycles. The molecule has 3 aliphatic rings. The van der Waals surface area contributed by atoms with E-state index in [4.69, 9.17) is 14.2 Å².